The van der Waals surface area contributed by atoms with Crippen molar-refractivity contribution in [3.8, 4) is 5.75 Å². The molecule has 1 aliphatic carbocycles. The molecule has 1 fully saturated rings. The van der Waals surface area contributed by atoms with E-state index in [-0.39, 0.29) is 0 Å². The smallest absolute Gasteiger partial charge is 0.118 e. The van der Waals surface area contributed by atoms with Gasteiger partial charge in [0.1, 0.15) is 5.75 Å². The fourth-order valence-corrected chi connectivity index (χ4v) is 1.74. The van der Waals surface area contributed by atoms with Crippen molar-refractivity contribution in [1.82, 2.24) is 10.6 Å². The molecular weight excluding hydrogens is 212 g/mol. The lowest BCUT2D eigenvalue weighted by Gasteiger charge is -2.14. The molecule has 3 heteroatoms. The van der Waals surface area contributed by atoms with Crippen molar-refractivity contribution in [3.05, 3.63) is 29.8 Å². The van der Waals surface area contributed by atoms with Gasteiger partial charge >= 0.3 is 0 Å². The normalized spacial score (nSPS) is 16.8. The minimum atomic E-state index is 0.512. The Labute approximate surface area is 104 Å². The molecule has 0 heterocycles. The van der Waals surface area contributed by atoms with Crippen LogP contribution in [0.25, 0.3) is 0 Å². The molecule has 0 saturated heterocycles. The van der Waals surface area contributed by atoms with Gasteiger partial charge in [-0.3, -0.25) is 0 Å². The Morgan fingerprint density at radius 3 is 2.59 bits per heavy atom. The van der Waals surface area contributed by atoms with Crippen LogP contribution in [0.3, 0.4) is 0 Å². The Kier molecular flexibility index (Phi) is 4.40. The van der Waals surface area contributed by atoms with E-state index in [4.69, 9.17) is 4.74 Å². The highest BCUT2D eigenvalue weighted by atomic mass is 16.5. The van der Waals surface area contributed by atoms with E-state index in [1.165, 1.54) is 18.4 Å². The van der Waals surface area contributed by atoms with Crippen LogP contribution in [0.4, 0.5) is 0 Å². The Morgan fingerprint density at radius 2 is 2.00 bits per heavy atom. The van der Waals surface area contributed by atoms with Crippen LogP contribution in [-0.4, -0.2) is 25.7 Å². The molecule has 2 N–H and O–H groups in total. The summed E-state index contributed by atoms with van der Waals surface area (Å²) in [5.41, 5.74) is 1.30. The van der Waals surface area contributed by atoms with Crippen LogP contribution >= 0.6 is 0 Å². The summed E-state index contributed by atoms with van der Waals surface area (Å²) in [5, 5.41) is 7.04. The standard InChI is InChI=1S/C14H22N2O/c1-11(9-16-13-5-6-13)15-10-12-3-7-14(17-2)8-4-12/h3-4,7-8,11,13,15-16H,5-6,9-10H2,1-2H3. The zero-order valence-corrected chi connectivity index (χ0v) is 10.7. The van der Waals surface area contributed by atoms with Gasteiger partial charge in [-0.15, -0.1) is 0 Å². The summed E-state index contributed by atoms with van der Waals surface area (Å²) < 4.78 is 5.14. The molecular formula is C14H22N2O. The van der Waals surface area contributed by atoms with Crippen LogP contribution in [0.5, 0.6) is 5.75 Å². The van der Waals surface area contributed by atoms with Crippen molar-refractivity contribution < 1.29 is 4.74 Å². The van der Waals surface area contributed by atoms with Crippen LogP contribution in [0.15, 0.2) is 24.3 Å². The van der Waals surface area contributed by atoms with Crippen molar-refractivity contribution in [2.24, 2.45) is 0 Å². The second-order valence-corrected chi connectivity index (χ2v) is 4.81. The van der Waals surface area contributed by atoms with E-state index in [2.05, 4.69) is 29.7 Å². The maximum Gasteiger partial charge on any atom is 0.118 e. The van der Waals surface area contributed by atoms with E-state index < -0.39 is 0 Å². The topological polar surface area (TPSA) is 33.3 Å². The summed E-state index contributed by atoms with van der Waals surface area (Å²) in [4.78, 5) is 0. The fourth-order valence-electron chi connectivity index (χ4n) is 1.74. The number of methoxy groups -OCH3 is 1. The average Bonchev–Trinajstić information content (AvgIpc) is 3.18. The molecule has 1 aromatic carbocycles. The molecule has 1 saturated carbocycles. The lowest BCUT2D eigenvalue weighted by Crippen LogP contribution is -2.36. The quantitative estimate of drug-likeness (QED) is 0.756. The summed E-state index contributed by atoms with van der Waals surface area (Å²) in [6.07, 6.45) is 2.70. The van der Waals surface area contributed by atoms with Gasteiger partial charge in [0.2, 0.25) is 0 Å². The number of hydrogen-bond donors (Lipinski definition) is 2. The van der Waals surface area contributed by atoms with Crippen molar-refractivity contribution >= 4 is 0 Å². The minimum absolute atomic E-state index is 0.512. The maximum absolute atomic E-state index is 5.14. The third-order valence-corrected chi connectivity index (χ3v) is 3.10. The maximum atomic E-state index is 5.14. The van der Waals surface area contributed by atoms with E-state index in [9.17, 15) is 0 Å². The Balaban J connectivity index is 1.68. The highest BCUT2D eigenvalue weighted by Gasteiger charge is 2.20. The largest absolute Gasteiger partial charge is 0.497 e. The molecule has 0 spiro atoms. The first kappa shape index (κ1) is 12.4. The zero-order valence-electron chi connectivity index (χ0n) is 10.7. The highest BCUT2D eigenvalue weighted by molar-refractivity contribution is 5.27. The zero-order chi connectivity index (χ0) is 12.1. The lowest BCUT2D eigenvalue weighted by atomic mass is 10.2. The first-order valence-corrected chi connectivity index (χ1v) is 6.37. The Morgan fingerprint density at radius 1 is 1.29 bits per heavy atom. The monoisotopic (exact) mass is 234 g/mol. The van der Waals surface area contributed by atoms with E-state index in [0.29, 0.717) is 6.04 Å². The fraction of sp³-hybridized carbons (Fsp3) is 0.571. The minimum Gasteiger partial charge on any atom is -0.497 e. The van der Waals surface area contributed by atoms with Crippen molar-refractivity contribution in [2.45, 2.75) is 38.4 Å². The molecule has 0 aliphatic heterocycles. The van der Waals surface area contributed by atoms with Crippen molar-refractivity contribution in [1.29, 1.82) is 0 Å². The van der Waals surface area contributed by atoms with Gasteiger partial charge in [0.15, 0.2) is 0 Å². The highest BCUT2D eigenvalue weighted by Crippen LogP contribution is 2.18. The summed E-state index contributed by atoms with van der Waals surface area (Å²) in [6, 6.07) is 9.52. The molecule has 1 aromatic rings. The van der Waals surface area contributed by atoms with Gasteiger partial charge in [0.25, 0.3) is 0 Å². The molecule has 0 radical (unpaired) electrons. The second-order valence-electron chi connectivity index (χ2n) is 4.81. The summed E-state index contributed by atoms with van der Waals surface area (Å²) >= 11 is 0. The molecule has 0 bridgehead atoms. The molecule has 0 amide bonds. The number of benzene rings is 1. The van der Waals surface area contributed by atoms with Crippen molar-refractivity contribution in [2.75, 3.05) is 13.7 Å². The van der Waals surface area contributed by atoms with Crippen LogP contribution in [0.2, 0.25) is 0 Å². The van der Waals surface area contributed by atoms with Gasteiger partial charge < -0.3 is 15.4 Å². The van der Waals surface area contributed by atoms with Crippen LogP contribution in [-0.2, 0) is 6.54 Å². The van der Waals surface area contributed by atoms with Crippen LogP contribution in [0, 0.1) is 0 Å². The van der Waals surface area contributed by atoms with Gasteiger partial charge in [-0.05, 0) is 37.5 Å². The van der Waals surface area contributed by atoms with Gasteiger partial charge in [-0.2, -0.15) is 0 Å². The number of hydrogen-bond acceptors (Lipinski definition) is 3. The predicted octanol–water partition coefficient (Wildman–Crippen LogP) is 1.93. The van der Waals surface area contributed by atoms with E-state index in [1.54, 1.807) is 7.11 Å². The molecule has 2 rings (SSSR count). The molecule has 1 aliphatic rings. The van der Waals surface area contributed by atoms with Gasteiger partial charge in [-0.1, -0.05) is 12.1 Å². The first-order chi connectivity index (χ1) is 8.28. The second kappa shape index (κ2) is 6.03. The summed E-state index contributed by atoms with van der Waals surface area (Å²) in [5.74, 6) is 0.914. The van der Waals surface area contributed by atoms with Gasteiger partial charge in [-0.25, -0.2) is 0 Å². The van der Waals surface area contributed by atoms with Gasteiger partial charge in [0, 0.05) is 25.2 Å². The molecule has 94 valence electrons. The average molecular weight is 234 g/mol. The number of ether oxygens (including phenoxy) is 1. The molecule has 17 heavy (non-hydrogen) atoms. The molecule has 1 atom stereocenters. The lowest BCUT2D eigenvalue weighted by molar-refractivity contribution is 0.414. The third-order valence-electron chi connectivity index (χ3n) is 3.10. The summed E-state index contributed by atoms with van der Waals surface area (Å²) in [7, 11) is 1.69. The number of rotatable bonds is 7. The van der Waals surface area contributed by atoms with Crippen LogP contribution < -0.4 is 15.4 Å². The predicted molar refractivity (Wildman–Crippen MR) is 70.3 cm³/mol. The Hall–Kier alpha value is -1.06. The Bertz CT molecular complexity index is 333. The van der Waals surface area contributed by atoms with Crippen molar-refractivity contribution in [3.63, 3.8) is 0 Å². The molecule has 1 unspecified atom stereocenters. The first-order valence-electron chi connectivity index (χ1n) is 6.37. The summed E-state index contributed by atoms with van der Waals surface area (Å²) in [6.45, 7) is 4.19. The molecule has 3 nitrogen and oxygen atoms in total. The van der Waals surface area contributed by atoms with Crippen LogP contribution in [0.1, 0.15) is 25.3 Å². The molecule has 0 aromatic heterocycles. The third kappa shape index (κ3) is 4.36. The van der Waals surface area contributed by atoms with E-state index in [0.717, 1.165) is 24.9 Å². The SMILES string of the molecule is COc1ccc(CNC(C)CNC2CC2)cc1. The van der Waals surface area contributed by atoms with E-state index in [1.807, 2.05) is 12.1 Å². The number of nitrogens with one attached hydrogen (secondary N) is 2. The van der Waals surface area contributed by atoms with E-state index >= 15 is 0 Å². The van der Waals surface area contributed by atoms with Gasteiger partial charge in [0.05, 0.1) is 7.11 Å².